The van der Waals surface area contributed by atoms with E-state index in [-0.39, 0.29) is 12.2 Å². The van der Waals surface area contributed by atoms with Crippen molar-refractivity contribution < 1.29 is 11.2 Å². The van der Waals surface area contributed by atoms with Crippen molar-refractivity contribution in [3.63, 3.8) is 0 Å². The van der Waals surface area contributed by atoms with E-state index in [1.54, 1.807) is 62.0 Å². The monoisotopic (exact) mass is 308 g/mol. The van der Waals surface area contributed by atoms with Crippen molar-refractivity contribution in [2.75, 3.05) is 0 Å². The average Bonchev–Trinajstić information content (AvgIpc) is 3.40. The summed E-state index contributed by atoms with van der Waals surface area (Å²) in [5, 5.41) is 0. The quantitative estimate of drug-likeness (QED) is 0.542. The average molecular weight is 308 g/mol. The van der Waals surface area contributed by atoms with Gasteiger partial charge < -0.3 is 4.74 Å². The second kappa shape index (κ2) is 0.824. The number of fused-ring (bicyclic) bond motifs is 10. The van der Waals surface area contributed by atoms with Gasteiger partial charge in [-0.3, -0.25) is 0 Å². The van der Waals surface area contributed by atoms with Gasteiger partial charge in [-0.25, -0.2) is 0 Å². The Morgan fingerprint density at radius 3 is 1.05 bits per heavy atom. The third kappa shape index (κ3) is 0.113. The first-order valence-electron chi connectivity index (χ1n) is 8.16. The van der Waals surface area contributed by atoms with E-state index in [4.69, 9.17) is 17.6 Å². The van der Waals surface area contributed by atoms with Crippen LogP contribution in [-0.4, -0.2) is 12.2 Å². The first-order chi connectivity index (χ1) is 9.36. The van der Waals surface area contributed by atoms with Crippen molar-refractivity contribution >= 4 is 0 Å². The normalized spacial score (nSPS) is 101. The van der Waals surface area contributed by atoms with Gasteiger partial charge in [-0.15, -0.1) is 12.8 Å². The van der Waals surface area contributed by atoms with Crippen molar-refractivity contribution in [3.05, 3.63) is 0 Å². The molecule has 10 aliphatic heterocycles. The van der Waals surface area contributed by atoms with E-state index in [1.807, 2.05) is 0 Å². The molecular weight excluding hydrogens is 288 g/mol. The SMILES string of the molecule is C#CC(C)OC(C)C#C.[CH]12[CH]3[CH]4[CH]5[CH]1[Fe]23451678[CH]2[CH]1[CH]6[CH]7[CH]28. The molecule has 10 rings (SSSR count). The van der Waals surface area contributed by atoms with Crippen LogP contribution in [0.2, 0.25) is 48.2 Å². The van der Waals surface area contributed by atoms with Crippen LogP contribution in [0.15, 0.2) is 0 Å². The Morgan fingerprint density at radius 2 is 0.950 bits per heavy atom. The van der Waals surface area contributed by atoms with Gasteiger partial charge in [0.05, 0.1) is 0 Å². The number of rotatable bonds is 2. The molecule has 0 aliphatic carbocycles. The van der Waals surface area contributed by atoms with Gasteiger partial charge in [-0.05, 0) is 13.8 Å². The van der Waals surface area contributed by atoms with Crippen LogP contribution in [0, 0.1) is 24.7 Å². The summed E-state index contributed by atoms with van der Waals surface area (Å²) in [5.41, 5.74) is 0. The fourth-order valence-electron chi connectivity index (χ4n) is 16.2. The number of hydrogen-bond acceptors (Lipinski definition) is 1. The van der Waals surface area contributed by atoms with Crippen LogP contribution in [0.5, 0.6) is 0 Å². The number of terminal acetylenes is 2. The molecule has 20 heavy (non-hydrogen) atoms. The van der Waals surface area contributed by atoms with Crippen LogP contribution < -0.4 is 0 Å². The molecule has 0 N–H and O–H groups in total. The summed E-state index contributed by atoms with van der Waals surface area (Å²) < 4.78 is 5.08. The topological polar surface area (TPSA) is 9.23 Å². The Bertz CT molecular complexity index is 840. The summed E-state index contributed by atoms with van der Waals surface area (Å²) in [6.07, 6.45) is 9.69. The van der Waals surface area contributed by atoms with E-state index in [2.05, 4.69) is 11.8 Å². The molecular formula is C18H20FeO. The third-order valence-electron chi connectivity index (χ3n) is 15.4. The standard InChI is InChI=1S/C8H10O.2C5H5.Fe/c1-5-7(3)9-8(4)6-2;2*1-2-4-5-3-1;/h1-2,7-8H,3-4H3;2*1-5H;. The van der Waals surface area contributed by atoms with E-state index >= 15 is 0 Å². The Kier molecular flexibility index (Phi) is 0.367. The van der Waals surface area contributed by atoms with E-state index in [0.717, 1.165) is 0 Å². The van der Waals surface area contributed by atoms with Gasteiger partial charge in [0.1, 0.15) is 12.2 Å². The van der Waals surface area contributed by atoms with Crippen molar-refractivity contribution in [2.24, 2.45) is 0 Å². The zero-order chi connectivity index (χ0) is 13.4. The second-order valence-electron chi connectivity index (χ2n) is 11.3. The minimum absolute atomic E-state index is 0.184. The van der Waals surface area contributed by atoms with Crippen molar-refractivity contribution in [1.29, 1.82) is 0 Å². The Labute approximate surface area is 110 Å². The fraction of sp³-hybridized carbons (Fsp3) is 0.778. The molecule has 0 aromatic rings. The molecule has 0 saturated carbocycles. The summed E-state index contributed by atoms with van der Waals surface area (Å²) in [6, 6.07) is 0. The summed E-state index contributed by atoms with van der Waals surface area (Å²) in [4.78, 5) is 15.9. The van der Waals surface area contributed by atoms with Crippen LogP contribution in [0.3, 0.4) is 0 Å². The zero-order valence-corrected chi connectivity index (χ0v) is 12.9. The molecule has 10 saturated heterocycles. The van der Waals surface area contributed by atoms with Gasteiger partial charge in [0, 0.05) is 0 Å². The summed E-state index contributed by atoms with van der Waals surface area (Å²) in [6.45, 7) is 1.29. The van der Waals surface area contributed by atoms with Crippen LogP contribution in [0.1, 0.15) is 13.8 Å². The summed E-state index contributed by atoms with van der Waals surface area (Å²) in [7, 11) is 0. The molecule has 2 atom stereocenters. The van der Waals surface area contributed by atoms with Gasteiger partial charge in [0.2, 0.25) is 0 Å². The Balaban J connectivity index is 0.0000000826. The molecule has 0 bridgehead atoms. The van der Waals surface area contributed by atoms with E-state index in [0.29, 0.717) is 0 Å². The zero-order valence-electron chi connectivity index (χ0n) is 11.8. The molecule has 0 aromatic carbocycles. The van der Waals surface area contributed by atoms with Gasteiger partial charge in [-0.2, -0.15) is 0 Å². The van der Waals surface area contributed by atoms with Crippen molar-refractivity contribution in [3.8, 4) is 24.7 Å². The minimum atomic E-state index is -2.28. The molecule has 2 heteroatoms. The number of ether oxygens (including phenoxy) is 1. The molecule has 0 amide bonds. The maximum absolute atomic E-state index is 5.08. The van der Waals surface area contributed by atoms with Crippen LogP contribution in [-0.2, 0) is 11.2 Å². The van der Waals surface area contributed by atoms with Crippen LogP contribution in [0.25, 0.3) is 0 Å². The first kappa shape index (κ1) is 8.90. The molecule has 10 aliphatic rings. The molecule has 1 nitrogen and oxygen atoms in total. The molecule has 10 heterocycles. The van der Waals surface area contributed by atoms with Crippen molar-refractivity contribution in [2.45, 2.75) is 74.2 Å². The number of hydrogen-bond donors (Lipinski definition) is 0. The van der Waals surface area contributed by atoms with Gasteiger partial charge >= 0.3 is 54.7 Å². The summed E-state index contributed by atoms with van der Waals surface area (Å²) >= 11 is 0. The fourth-order valence-corrected chi connectivity index (χ4v) is 88.4. The molecule has 106 valence electrons. The third-order valence-corrected chi connectivity index (χ3v) is 57.3. The van der Waals surface area contributed by atoms with E-state index in [1.165, 1.54) is 0 Å². The van der Waals surface area contributed by atoms with Crippen molar-refractivity contribution in [1.82, 2.24) is 0 Å². The maximum atomic E-state index is 5.08. The predicted octanol–water partition coefficient (Wildman–Crippen LogP) is 4.42. The first-order valence-corrected chi connectivity index (χ1v) is 14.5. The Morgan fingerprint density at radius 1 is 0.700 bits per heavy atom. The molecule has 0 aromatic heterocycles. The molecule has 2 unspecified atom stereocenters. The molecule has 0 radical (unpaired) electrons. The molecule has 1 spiro atoms. The van der Waals surface area contributed by atoms with Gasteiger partial charge in [0.15, 0.2) is 0 Å². The van der Waals surface area contributed by atoms with E-state index in [9.17, 15) is 0 Å². The van der Waals surface area contributed by atoms with Crippen LogP contribution in [0.4, 0.5) is 0 Å². The summed E-state index contributed by atoms with van der Waals surface area (Å²) in [5.74, 6) is 4.82. The van der Waals surface area contributed by atoms with E-state index < -0.39 is 6.51 Å². The van der Waals surface area contributed by atoms with Crippen LogP contribution >= 0.6 is 0 Å². The predicted molar refractivity (Wildman–Crippen MR) is 75.2 cm³/mol. The second-order valence-corrected chi connectivity index (χ2v) is 35.3. The van der Waals surface area contributed by atoms with Gasteiger partial charge in [0.25, 0.3) is 0 Å². The van der Waals surface area contributed by atoms with Gasteiger partial charge in [-0.1, -0.05) is 11.8 Å². The molecule has 10 fully saturated rings. The Hall–Kier alpha value is -0.401.